The second-order valence-electron chi connectivity index (χ2n) is 10.1. The van der Waals surface area contributed by atoms with E-state index in [4.69, 9.17) is 18.9 Å². The summed E-state index contributed by atoms with van der Waals surface area (Å²) in [5.74, 6) is 2.56. The van der Waals surface area contributed by atoms with Gasteiger partial charge >= 0.3 is 0 Å². The Kier molecular flexibility index (Phi) is 10.3. The fourth-order valence-corrected chi connectivity index (χ4v) is 5.13. The summed E-state index contributed by atoms with van der Waals surface area (Å²) < 4.78 is 24.9. The van der Waals surface area contributed by atoms with Crippen molar-refractivity contribution in [3.05, 3.63) is 0 Å². The molecule has 0 bridgehead atoms. The molecule has 0 aliphatic carbocycles. The summed E-state index contributed by atoms with van der Waals surface area (Å²) in [6.07, 6.45) is 1.84. The van der Waals surface area contributed by atoms with Crippen molar-refractivity contribution in [1.29, 1.82) is 0 Å². The Morgan fingerprint density at radius 2 is 1.13 bits per heavy atom. The zero-order valence-electron chi connectivity index (χ0n) is 21.2. The van der Waals surface area contributed by atoms with Crippen LogP contribution in [0.4, 0.5) is 0 Å². The lowest BCUT2D eigenvalue weighted by Gasteiger charge is -2.44. The lowest BCUT2D eigenvalue weighted by molar-refractivity contribution is -0.261. The molecule has 0 saturated carbocycles. The van der Waals surface area contributed by atoms with Crippen LogP contribution >= 0.6 is 0 Å². The number of carbonyl (C=O) groups excluding carboxylic acids is 1. The first-order valence-electron chi connectivity index (χ1n) is 12.4. The van der Waals surface area contributed by atoms with Crippen molar-refractivity contribution in [2.75, 3.05) is 13.2 Å². The molecule has 2 heterocycles. The molecule has 1 amide bonds. The highest BCUT2D eigenvalue weighted by Crippen LogP contribution is 2.37. The van der Waals surface area contributed by atoms with Crippen LogP contribution in [0.1, 0.15) is 75.2 Å². The second-order valence-corrected chi connectivity index (χ2v) is 10.1. The lowest BCUT2D eigenvalue weighted by atomic mass is 9.78. The molecule has 182 valence electrons. The molecule has 2 saturated heterocycles. The molecular weight excluding hydrogens is 394 g/mol. The van der Waals surface area contributed by atoms with E-state index >= 15 is 0 Å². The minimum Gasteiger partial charge on any atom is -0.350 e. The van der Waals surface area contributed by atoms with Gasteiger partial charge in [-0.2, -0.15) is 0 Å². The highest BCUT2D eigenvalue weighted by molar-refractivity contribution is 5.73. The van der Waals surface area contributed by atoms with Crippen LogP contribution < -0.4 is 5.32 Å². The third-order valence-corrected chi connectivity index (χ3v) is 8.10. The van der Waals surface area contributed by atoms with Crippen molar-refractivity contribution >= 4 is 5.91 Å². The second kappa shape index (κ2) is 12.0. The van der Waals surface area contributed by atoms with Crippen molar-refractivity contribution < 1.29 is 23.7 Å². The number of hydrogen-bond acceptors (Lipinski definition) is 5. The molecule has 2 rings (SSSR count). The molecule has 10 atom stereocenters. The standard InChI is InChI=1S/C25H47NO5/c1-10-22-16(5)14(3)18(7)24(30-22)28-12-21(26-20(9)27)13-29-25-19(8)15(4)17(6)23(11-2)31-25/h14-19,21-25H,10-13H2,1-9H3,(H,26,27)/t14?,15?,16-,17-,18-,19-,21?,22?,23?,24+,25+/m1/s1. The van der Waals surface area contributed by atoms with Crippen molar-refractivity contribution in [1.82, 2.24) is 5.32 Å². The molecule has 6 nitrogen and oxygen atoms in total. The van der Waals surface area contributed by atoms with Gasteiger partial charge in [-0.05, 0) is 36.5 Å². The summed E-state index contributed by atoms with van der Waals surface area (Å²) in [4.78, 5) is 11.8. The number of hydrogen-bond donors (Lipinski definition) is 1. The topological polar surface area (TPSA) is 66.0 Å². The van der Waals surface area contributed by atoms with E-state index in [0.717, 1.165) is 12.8 Å². The van der Waals surface area contributed by atoms with Crippen LogP contribution in [0.2, 0.25) is 0 Å². The molecule has 2 aliphatic rings. The monoisotopic (exact) mass is 441 g/mol. The zero-order chi connectivity index (χ0) is 23.3. The van der Waals surface area contributed by atoms with Gasteiger partial charge in [0.05, 0.1) is 31.5 Å². The third kappa shape index (κ3) is 6.66. The average Bonchev–Trinajstić information content (AvgIpc) is 2.74. The lowest BCUT2D eigenvalue weighted by Crippen LogP contribution is -2.50. The number of nitrogens with one attached hydrogen (secondary N) is 1. The van der Waals surface area contributed by atoms with Crippen molar-refractivity contribution in [3.63, 3.8) is 0 Å². The van der Waals surface area contributed by atoms with Gasteiger partial charge in [0.2, 0.25) is 5.91 Å². The Balaban J connectivity index is 1.95. The first kappa shape index (κ1) is 26.6. The van der Waals surface area contributed by atoms with Gasteiger partial charge in [0, 0.05) is 18.8 Å². The molecule has 0 aromatic rings. The number of amides is 1. The summed E-state index contributed by atoms with van der Waals surface area (Å²) in [6.45, 7) is 20.0. The summed E-state index contributed by atoms with van der Waals surface area (Å²) in [7, 11) is 0. The molecule has 0 spiro atoms. The van der Waals surface area contributed by atoms with Crippen molar-refractivity contribution in [3.8, 4) is 0 Å². The SMILES string of the molecule is CCC1O[C@H](OCC(CO[C@H]2OC(CC)[C@H](C)C(C)[C@H]2C)NC(C)=O)[C@H](C)C(C)[C@H]1C. The maximum absolute atomic E-state index is 11.8. The van der Waals surface area contributed by atoms with Gasteiger partial charge in [-0.15, -0.1) is 0 Å². The Bertz CT molecular complexity index is 514. The van der Waals surface area contributed by atoms with Gasteiger partial charge in [-0.25, -0.2) is 0 Å². The molecule has 6 heteroatoms. The van der Waals surface area contributed by atoms with E-state index in [1.165, 1.54) is 6.92 Å². The van der Waals surface area contributed by atoms with Crippen LogP contribution in [0.15, 0.2) is 0 Å². The minimum absolute atomic E-state index is 0.0886. The van der Waals surface area contributed by atoms with Gasteiger partial charge in [0.15, 0.2) is 12.6 Å². The van der Waals surface area contributed by atoms with E-state index in [1.807, 2.05) is 0 Å². The first-order chi connectivity index (χ1) is 14.6. The van der Waals surface area contributed by atoms with Gasteiger partial charge in [-0.3, -0.25) is 4.79 Å². The van der Waals surface area contributed by atoms with Crippen LogP contribution in [0, 0.1) is 35.5 Å². The molecule has 4 unspecified atom stereocenters. The van der Waals surface area contributed by atoms with E-state index in [1.54, 1.807) is 0 Å². The maximum atomic E-state index is 11.8. The molecule has 2 fully saturated rings. The van der Waals surface area contributed by atoms with E-state index in [-0.39, 0.29) is 36.7 Å². The predicted octanol–water partition coefficient (Wildman–Crippen LogP) is 4.61. The van der Waals surface area contributed by atoms with Gasteiger partial charge in [-0.1, -0.05) is 55.4 Å². The number of carbonyl (C=O) groups is 1. The van der Waals surface area contributed by atoms with Gasteiger partial charge in [0.25, 0.3) is 0 Å². The Morgan fingerprint density at radius 1 is 0.742 bits per heavy atom. The van der Waals surface area contributed by atoms with Crippen LogP contribution in [-0.4, -0.2) is 50.0 Å². The van der Waals surface area contributed by atoms with Crippen LogP contribution in [-0.2, 0) is 23.7 Å². The van der Waals surface area contributed by atoms with Crippen molar-refractivity contribution in [2.24, 2.45) is 35.5 Å². The highest BCUT2D eigenvalue weighted by Gasteiger charge is 2.40. The summed E-state index contributed by atoms with van der Waals surface area (Å²) >= 11 is 0. The molecule has 0 aromatic carbocycles. The molecule has 31 heavy (non-hydrogen) atoms. The van der Waals surface area contributed by atoms with E-state index in [9.17, 15) is 4.79 Å². The number of rotatable bonds is 9. The molecule has 0 radical (unpaired) electrons. The fourth-order valence-electron chi connectivity index (χ4n) is 5.13. The van der Waals surface area contributed by atoms with Gasteiger partial charge < -0.3 is 24.3 Å². The fraction of sp³-hybridized carbons (Fsp3) is 0.960. The smallest absolute Gasteiger partial charge is 0.217 e. The summed E-state index contributed by atoms with van der Waals surface area (Å²) in [5, 5.41) is 2.98. The van der Waals surface area contributed by atoms with E-state index in [2.05, 4.69) is 60.7 Å². The van der Waals surface area contributed by atoms with Crippen LogP contribution in [0.3, 0.4) is 0 Å². The Hall–Kier alpha value is -0.690. The largest absolute Gasteiger partial charge is 0.350 e. The minimum atomic E-state index is -0.261. The Labute approximate surface area is 190 Å². The quantitative estimate of drug-likeness (QED) is 0.566. The summed E-state index contributed by atoms with van der Waals surface area (Å²) in [5.41, 5.74) is 0. The normalized spacial score (nSPS) is 42.2. The van der Waals surface area contributed by atoms with Crippen LogP contribution in [0.25, 0.3) is 0 Å². The summed E-state index contributed by atoms with van der Waals surface area (Å²) in [6, 6.07) is -0.242. The molecule has 2 aliphatic heterocycles. The van der Waals surface area contributed by atoms with Crippen LogP contribution in [0.5, 0.6) is 0 Å². The zero-order valence-corrected chi connectivity index (χ0v) is 21.2. The Morgan fingerprint density at radius 3 is 1.45 bits per heavy atom. The molecular formula is C25H47NO5. The number of ether oxygens (including phenoxy) is 4. The average molecular weight is 442 g/mol. The predicted molar refractivity (Wildman–Crippen MR) is 122 cm³/mol. The molecule has 1 N–H and O–H groups in total. The highest BCUT2D eigenvalue weighted by atomic mass is 16.7. The first-order valence-corrected chi connectivity index (χ1v) is 12.4. The van der Waals surface area contributed by atoms with E-state index < -0.39 is 0 Å². The van der Waals surface area contributed by atoms with Gasteiger partial charge in [0.1, 0.15) is 0 Å². The van der Waals surface area contributed by atoms with E-state index in [0.29, 0.717) is 48.7 Å². The van der Waals surface area contributed by atoms with Crippen molar-refractivity contribution in [2.45, 2.75) is 106 Å². The maximum Gasteiger partial charge on any atom is 0.217 e. The third-order valence-electron chi connectivity index (χ3n) is 8.10. The molecule has 0 aromatic heterocycles.